The van der Waals surface area contributed by atoms with Crippen LogP contribution >= 0.6 is 0 Å². The van der Waals surface area contributed by atoms with Gasteiger partial charge in [0.1, 0.15) is 0 Å². The van der Waals surface area contributed by atoms with Gasteiger partial charge in [0.15, 0.2) is 0 Å². The van der Waals surface area contributed by atoms with Crippen molar-refractivity contribution in [2.75, 3.05) is 0 Å². The zero-order valence-corrected chi connectivity index (χ0v) is 6.84. The van der Waals surface area contributed by atoms with E-state index in [-0.39, 0.29) is 32.7 Å². The molecule has 51 valence electrons. The van der Waals surface area contributed by atoms with Gasteiger partial charge in [0, 0.05) is 32.7 Å². The second kappa shape index (κ2) is 10.5. The number of rotatable bonds is 0. The van der Waals surface area contributed by atoms with Gasteiger partial charge in [0.2, 0.25) is 0 Å². The van der Waals surface area contributed by atoms with Gasteiger partial charge in [-0.1, -0.05) is 0 Å². The Morgan fingerprint density at radius 2 is 1.00 bits per heavy atom. The summed E-state index contributed by atoms with van der Waals surface area (Å²) >= 11 is 0. The Morgan fingerprint density at radius 3 is 1.00 bits per heavy atom. The summed E-state index contributed by atoms with van der Waals surface area (Å²) in [5.74, 6) is 0. The van der Waals surface area contributed by atoms with Gasteiger partial charge in [-0.15, -0.1) is 20.2 Å². The predicted octanol–water partition coefficient (Wildman–Crippen LogP) is -0.698. The van der Waals surface area contributed by atoms with E-state index in [2.05, 4.69) is 0 Å². The Balaban J connectivity index is -0.0000000720. The number of hydrogen-bond acceptors (Lipinski definition) is 4. The number of hydrogen-bond donors (Lipinski definition) is 2. The molecule has 0 aromatic rings. The molecule has 9 heavy (non-hydrogen) atoms. The number of nitrogens with zero attached hydrogens (tertiary/aromatic N) is 2. The molecule has 0 unspecified atom stereocenters. The van der Waals surface area contributed by atoms with Gasteiger partial charge in [-0.2, -0.15) is 0 Å². The molecule has 8 nitrogen and oxygen atoms in total. The Labute approximate surface area is 73.6 Å². The second-order valence-corrected chi connectivity index (χ2v) is 0.476. The third-order valence-electron chi connectivity index (χ3n) is 0. The zero-order chi connectivity index (χ0) is 7.15. The first-order valence-corrected chi connectivity index (χ1v) is 1.13. The smallest absolute Gasteiger partial charge is 0.291 e. The van der Waals surface area contributed by atoms with Crippen LogP contribution in [-0.4, -0.2) is 20.6 Å². The van der Waals surface area contributed by atoms with Gasteiger partial charge in [-0.05, 0) is 0 Å². The first kappa shape index (κ1) is 15.8. The molecule has 1 radical (unpaired) electrons. The maximum Gasteiger partial charge on any atom is 0.291 e. The van der Waals surface area contributed by atoms with Crippen LogP contribution in [-0.2, 0) is 32.7 Å². The fourth-order valence-electron chi connectivity index (χ4n) is 0. The maximum atomic E-state index is 8.36. The van der Waals surface area contributed by atoms with Crippen molar-refractivity contribution >= 4 is 0 Å². The summed E-state index contributed by atoms with van der Waals surface area (Å²) in [5.41, 5.74) is 0. The molecule has 0 rings (SSSR count). The quantitative estimate of drug-likeness (QED) is 0.406. The Morgan fingerprint density at radius 1 is 1.00 bits per heavy atom. The largest absolute Gasteiger partial charge is 0.328 e. The summed E-state index contributed by atoms with van der Waals surface area (Å²) in [4.78, 5) is 16.7. The molecule has 0 amide bonds. The van der Waals surface area contributed by atoms with Crippen molar-refractivity contribution in [3.63, 3.8) is 0 Å². The molecule has 0 fully saturated rings. The summed E-state index contributed by atoms with van der Waals surface area (Å²) in [6, 6.07) is 0. The van der Waals surface area contributed by atoms with E-state index in [1.807, 2.05) is 0 Å². The Kier molecular flexibility index (Phi) is 18.4. The minimum Gasteiger partial charge on any atom is -0.328 e. The van der Waals surface area contributed by atoms with E-state index in [1.165, 1.54) is 0 Å². The summed E-state index contributed by atoms with van der Waals surface area (Å²) in [7, 11) is 0. The molecule has 0 aliphatic heterocycles. The molecular weight excluding hydrogens is 213 g/mol. The van der Waals surface area contributed by atoms with E-state index < -0.39 is 10.2 Å². The molecule has 0 aliphatic carbocycles. The van der Waals surface area contributed by atoms with Crippen molar-refractivity contribution < 1.29 is 53.3 Å². The van der Waals surface area contributed by atoms with E-state index in [0.717, 1.165) is 0 Å². The van der Waals surface area contributed by atoms with Crippen LogP contribution in [0.5, 0.6) is 0 Å². The molecule has 0 saturated heterocycles. The van der Waals surface area contributed by atoms with E-state index in [9.17, 15) is 0 Å². The zero-order valence-electron chi connectivity index (χ0n) is 4.00. The molecule has 0 atom stereocenters. The van der Waals surface area contributed by atoms with E-state index in [4.69, 9.17) is 30.6 Å². The Hall–Kier alpha value is -0.496. The van der Waals surface area contributed by atoms with Crippen LogP contribution < -0.4 is 0 Å². The topological polar surface area (TPSA) is 127 Å². The molecule has 0 saturated carbocycles. The predicted molar refractivity (Wildman–Crippen MR) is 17.6 cm³/mol. The molecule has 0 aliphatic rings. The van der Waals surface area contributed by atoms with Gasteiger partial charge in [0.05, 0.1) is 0 Å². The fourth-order valence-corrected chi connectivity index (χ4v) is 0. The van der Waals surface area contributed by atoms with Crippen LogP contribution in [0.15, 0.2) is 0 Å². The summed E-state index contributed by atoms with van der Waals surface area (Å²) in [5, 5.41) is 27.3. The molecule has 0 spiro atoms. The minimum atomic E-state index is -1.50. The van der Waals surface area contributed by atoms with E-state index in [0.29, 0.717) is 0 Å². The molecule has 0 aromatic heterocycles. The van der Waals surface area contributed by atoms with Crippen molar-refractivity contribution in [3.05, 3.63) is 20.2 Å². The van der Waals surface area contributed by atoms with Gasteiger partial charge in [-0.25, -0.2) is 0 Å². The van der Waals surface area contributed by atoms with Gasteiger partial charge in [-0.3, -0.25) is 0 Å². The van der Waals surface area contributed by atoms with Crippen LogP contribution in [0.3, 0.4) is 0 Å². The van der Waals surface area contributed by atoms with E-state index in [1.54, 1.807) is 0 Å². The summed E-state index contributed by atoms with van der Waals surface area (Å²) < 4.78 is 0. The second-order valence-electron chi connectivity index (χ2n) is 0.476. The first-order chi connectivity index (χ1) is 3.46. The molecule has 9 heteroatoms. The van der Waals surface area contributed by atoms with Crippen LogP contribution in [0.4, 0.5) is 0 Å². The van der Waals surface area contributed by atoms with Gasteiger partial charge in [0.25, 0.3) is 10.2 Å². The van der Waals surface area contributed by atoms with Crippen LogP contribution in [0.2, 0.25) is 0 Å². The molecule has 2 N–H and O–H groups in total. The third-order valence-corrected chi connectivity index (χ3v) is 0. The van der Waals surface area contributed by atoms with Crippen LogP contribution in [0.25, 0.3) is 0 Å². The van der Waals surface area contributed by atoms with Crippen LogP contribution in [0.1, 0.15) is 0 Å². The van der Waals surface area contributed by atoms with Crippen molar-refractivity contribution in [1.29, 1.82) is 0 Å². The molecule has 0 heterocycles. The fraction of sp³-hybridized carbons (Fsp3) is 0. The van der Waals surface area contributed by atoms with Gasteiger partial charge >= 0.3 is 0 Å². The molecular formula is H2N2O6Y. The minimum absolute atomic E-state index is 0. The van der Waals surface area contributed by atoms with Crippen molar-refractivity contribution in [2.45, 2.75) is 0 Å². The average molecular weight is 215 g/mol. The average Bonchev–Trinajstić information content (AvgIpc) is 1.25. The SMILES string of the molecule is O=[N+]([O-])O.O=[N+]([O-])O.[Y]. The summed E-state index contributed by atoms with van der Waals surface area (Å²) in [6.07, 6.45) is 0. The standard InChI is InChI=1S/2HNO3.Y/c2*2-1(3)4;/h2*(H,2,3,4);. The monoisotopic (exact) mass is 215 g/mol. The normalized spacial score (nSPS) is 5.33. The first-order valence-electron chi connectivity index (χ1n) is 1.13. The molecule has 0 aromatic carbocycles. The molecule has 0 bridgehead atoms. The summed E-state index contributed by atoms with van der Waals surface area (Å²) in [6.45, 7) is 0. The maximum absolute atomic E-state index is 8.36. The van der Waals surface area contributed by atoms with Gasteiger partial charge < -0.3 is 10.4 Å². The van der Waals surface area contributed by atoms with Crippen molar-refractivity contribution in [2.24, 2.45) is 0 Å². The van der Waals surface area contributed by atoms with Crippen molar-refractivity contribution in [1.82, 2.24) is 0 Å². The van der Waals surface area contributed by atoms with Crippen LogP contribution in [0, 0.1) is 20.2 Å². The van der Waals surface area contributed by atoms with E-state index >= 15 is 0 Å². The van der Waals surface area contributed by atoms with Crippen molar-refractivity contribution in [3.8, 4) is 0 Å². The third kappa shape index (κ3) is 924. The Bertz CT molecular complexity index is 69.1.